The molecule has 2 aliphatic rings. The number of piperidine rings is 1. The Hall–Kier alpha value is -3.35. The first-order valence-electron chi connectivity index (χ1n) is 12.5. The second-order valence-electron chi connectivity index (χ2n) is 10.0. The number of aliphatic carboxylic acids is 1. The summed E-state index contributed by atoms with van der Waals surface area (Å²) in [5.41, 5.74) is 4.58. The Labute approximate surface area is 206 Å². The Morgan fingerprint density at radius 2 is 1.69 bits per heavy atom. The van der Waals surface area contributed by atoms with Gasteiger partial charge < -0.3 is 20.1 Å². The van der Waals surface area contributed by atoms with Crippen LogP contribution in [0, 0.1) is 11.8 Å². The molecule has 2 aromatic carbocycles. The average molecular weight is 479 g/mol. The fourth-order valence-electron chi connectivity index (χ4n) is 5.37. The molecule has 0 aromatic heterocycles. The molecule has 4 rings (SSSR count). The number of carboxylic acid groups (broad SMARTS) is 1. The third-order valence-corrected chi connectivity index (χ3v) is 6.93. The van der Waals surface area contributed by atoms with Gasteiger partial charge in [-0.2, -0.15) is 0 Å². The zero-order chi connectivity index (χ0) is 24.9. The lowest BCUT2D eigenvalue weighted by molar-refractivity contribution is -0.141. The minimum Gasteiger partial charge on any atom is -0.481 e. The number of likely N-dealkylation sites (tertiary alicyclic amines) is 1. The molecule has 1 unspecified atom stereocenters. The van der Waals surface area contributed by atoms with E-state index in [4.69, 9.17) is 9.84 Å². The van der Waals surface area contributed by atoms with E-state index in [9.17, 15) is 14.4 Å². The molecular weight excluding hydrogens is 444 g/mol. The van der Waals surface area contributed by atoms with Gasteiger partial charge in [-0.25, -0.2) is 4.79 Å². The molecular formula is C28H34N2O5. The summed E-state index contributed by atoms with van der Waals surface area (Å²) in [5, 5.41) is 11.9. The van der Waals surface area contributed by atoms with E-state index in [0.717, 1.165) is 35.1 Å². The third-order valence-electron chi connectivity index (χ3n) is 6.93. The van der Waals surface area contributed by atoms with Crippen molar-refractivity contribution >= 4 is 18.0 Å². The summed E-state index contributed by atoms with van der Waals surface area (Å²) in [4.78, 5) is 39.0. The van der Waals surface area contributed by atoms with E-state index in [1.165, 1.54) is 0 Å². The first-order valence-corrected chi connectivity index (χ1v) is 12.5. The van der Waals surface area contributed by atoms with Gasteiger partial charge in [0, 0.05) is 25.4 Å². The van der Waals surface area contributed by atoms with Gasteiger partial charge in [0.05, 0.1) is 0 Å². The highest BCUT2D eigenvalue weighted by Gasteiger charge is 2.33. The Kier molecular flexibility index (Phi) is 7.73. The van der Waals surface area contributed by atoms with Crippen molar-refractivity contribution in [1.29, 1.82) is 0 Å². The molecule has 2 amide bonds. The maximum atomic E-state index is 13.3. The number of carbonyl (C=O) groups excluding carboxylic acids is 2. The summed E-state index contributed by atoms with van der Waals surface area (Å²) in [7, 11) is 0. The monoisotopic (exact) mass is 478 g/mol. The van der Waals surface area contributed by atoms with E-state index < -0.39 is 18.1 Å². The lowest BCUT2D eigenvalue weighted by atomic mass is 9.93. The van der Waals surface area contributed by atoms with Crippen LogP contribution in [0.1, 0.15) is 56.6 Å². The van der Waals surface area contributed by atoms with E-state index >= 15 is 0 Å². The van der Waals surface area contributed by atoms with Crippen LogP contribution < -0.4 is 5.32 Å². The SMILES string of the molecule is CC(C)C[C@H](NC(=O)OCC1c2ccccc2-c2ccccc21)C(=O)N1CCCC(CC(=O)O)C1. The molecule has 0 saturated carbocycles. The van der Waals surface area contributed by atoms with Crippen molar-refractivity contribution in [2.45, 2.75) is 51.5 Å². The second-order valence-corrected chi connectivity index (χ2v) is 10.0. The van der Waals surface area contributed by atoms with E-state index in [0.29, 0.717) is 19.5 Å². The summed E-state index contributed by atoms with van der Waals surface area (Å²) >= 11 is 0. The molecule has 7 nitrogen and oxygen atoms in total. The van der Waals surface area contributed by atoms with Crippen LogP contribution in [0.15, 0.2) is 48.5 Å². The molecule has 186 valence electrons. The van der Waals surface area contributed by atoms with Gasteiger partial charge in [-0.3, -0.25) is 9.59 Å². The van der Waals surface area contributed by atoms with Crippen molar-refractivity contribution in [3.8, 4) is 11.1 Å². The summed E-state index contributed by atoms with van der Waals surface area (Å²) in [6, 6.07) is 15.6. The zero-order valence-electron chi connectivity index (χ0n) is 20.4. The van der Waals surface area contributed by atoms with Crippen molar-refractivity contribution in [1.82, 2.24) is 10.2 Å². The van der Waals surface area contributed by atoms with Crippen molar-refractivity contribution in [3.63, 3.8) is 0 Å². The molecule has 1 aliphatic carbocycles. The molecule has 1 saturated heterocycles. The van der Waals surface area contributed by atoms with Crippen LogP contribution in [0.5, 0.6) is 0 Å². The lowest BCUT2D eigenvalue weighted by Crippen LogP contribution is -2.52. The lowest BCUT2D eigenvalue weighted by Gasteiger charge is -2.35. The van der Waals surface area contributed by atoms with E-state index in [2.05, 4.69) is 29.6 Å². The van der Waals surface area contributed by atoms with E-state index in [-0.39, 0.29) is 36.7 Å². The number of alkyl carbamates (subject to hydrolysis) is 1. The fraction of sp³-hybridized carbons (Fsp3) is 0.464. The third kappa shape index (κ3) is 5.84. The van der Waals surface area contributed by atoms with Crippen molar-refractivity contribution in [2.75, 3.05) is 19.7 Å². The van der Waals surface area contributed by atoms with Gasteiger partial charge in [0.25, 0.3) is 0 Å². The molecule has 2 atom stereocenters. The number of ether oxygens (including phenoxy) is 1. The Bertz CT molecular complexity index is 1040. The van der Waals surface area contributed by atoms with E-state index in [1.807, 2.05) is 38.1 Å². The first kappa shape index (κ1) is 24.8. The number of nitrogens with zero attached hydrogens (tertiary/aromatic N) is 1. The first-order chi connectivity index (χ1) is 16.8. The number of nitrogens with one attached hydrogen (secondary N) is 1. The minimum atomic E-state index is -0.847. The highest BCUT2D eigenvalue weighted by molar-refractivity contribution is 5.86. The van der Waals surface area contributed by atoms with Crippen LogP contribution >= 0.6 is 0 Å². The minimum absolute atomic E-state index is 0.0497. The highest BCUT2D eigenvalue weighted by atomic mass is 16.5. The largest absolute Gasteiger partial charge is 0.481 e. The number of rotatable bonds is 8. The quantitative estimate of drug-likeness (QED) is 0.576. The van der Waals surface area contributed by atoms with Gasteiger partial charge >= 0.3 is 12.1 Å². The van der Waals surface area contributed by atoms with Gasteiger partial charge in [-0.05, 0) is 53.4 Å². The number of carboxylic acids is 1. The molecule has 2 aromatic rings. The van der Waals surface area contributed by atoms with Gasteiger partial charge in [-0.15, -0.1) is 0 Å². The molecule has 0 bridgehead atoms. The molecule has 2 N–H and O–H groups in total. The fourth-order valence-corrected chi connectivity index (χ4v) is 5.37. The van der Waals surface area contributed by atoms with E-state index in [1.54, 1.807) is 4.90 Å². The van der Waals surface area contributed by atoms with Crippen molar-refractivity contribution in [3.05, 3.63) is 59.7 Å². The smallest absolute Gasteiger partial charge is 0.407 e. The number of fused-ring (bicyclic) bond motifs is 3. The summed E-state index contributed by atoms with van der Waals surface area (Å²) < 4.78 is 5.66. The number of amides is 2. The maximum absolute atomic E-state index is 13.3. The topological polar surface area (TPSA) is 95.9 Å². The van der Waals surface area contributed by atoms with Gasteiger partial charge in [0.2, 0.25) is 5.91 Å². The van der Waals surface area contributed by atoms with Gasteiger partial charge in [0.15, 0.2) is 0 Å². The summed E-state index contributed by atoms with van der Waals surface area (Å²) in [6.45, 7) is 5.18. The molecule has 1 fully saturated rings. The second kappa shape index (κ2) is 10.9. The summed E-state index contributed by atoms with van der Waals surface area (Å²) in [6.07, 6.45) is 1.50. The predicted molar refractivity (Wildman–Crippen MR) is 133 cm³/mol. The number of carbonyl (C=O) groups is 3. The zero-order valence-corrected chi connectivity index (χ0v) is 20.4. The average Bonchev–Trinajstić information content (AvgIpc) is 3.15. The van der Waals surface area contributed by atoms with Crippen LogP contribution in [0.25, 0.3) is 11.1 Å². The highest BCUT2D eigenvalue weighted by Crippen LogP contribution is 2.44. The van der Waals surface area contributed by atoms with Crippen molar-refractivity contribution in [2.24, 2.45) is 11.8 Å². The Balaban J connectivity index is 1.40. The molecule has 1 aliphatic heterocycles. The maximum Gasteiger partial charge on any atom is 0.407 e. The molecule has 0 spiro atoms. The van der Waals surface area contributed by atoms with Gasteiger partial charge in [-0.1, -0.05) is 62.4 Å². The van der Waals surface area contributed by atoms with Crippen LogP contribution in [0.3, 0.4) is 0 Å². The molecule has 35 heavy (non-hydrogen) atoms. The standard InChI is InChI=1S/C28H34N2O5/c1-18(2)14-25(27(33)30-13-7-8-19(16-30)15-26(31)32)29-28(34)35-17-24-22-11-5-3-9-20(22)21-10-4-6-12-23(21)24/h3-6,9-12,18-19,24-25H,7-8,13-17H2,1-2H3,(H,29,34)(H,31,32)/t19?,25-/m0/s1. The predicted octanol–water partition coefficient (Wildman–Crippen LogP) is 4.65. The van der Waals surface area contributed by atoms with Gasteiger partial charge in [0.1, 0.15) is 12.6 Å². The molecule has 7 heteroatoms. The van der Waals surface area contributed by atoms with Crippen LogP contribution in [0.4, 0.5) is 4.79 Å². The van der Waals surface area contributed by atoms with Crippen LogP contribution in [0.2, 0.25) is 0 Å². The van der Waals surface area contributed by atoms with Crippen molar-refractivity contribution < 1.29 is 24.2 Å². The molecule has 1 heterocycles. The Morgan fingerprint density at radius 1 is 1.06 bits per heavy atom. The van der Waals surface area contributed by atoms with Crippen LogP contribution in [-0.4, -0.2) is 53.7 Å². The molecule has 0 radical (unpaired) electrons. The number of benzene rings is 2. The summed E-state index contributed by atoms with van der Waals surface area (Å²) in [5.74, 6) is -0.926. The number of hydrogen-bond donors (Lipinski definition) is 2. The van der Waals surface area contributed by atoms with Crippen LogP contribution in [-0.2, 0) is 14.3 Å². The Morgan fingerprint density at radius 3 is 2.29 bits per heavy atom. The normalized spacial score (nSPS) is 18.0. The number of hydrogen-bond acceptors (Lipinski definition) is 4.